The molecule has 0 bridgehead atoms. The molecule has 0 saturated heterocycles. The van der Waals surface area contributed by atoms with Gasteiger partial charge in [-0.05, 0) is 12.8 Å². The maximum atomic E-state index is 8.70. The summed E-state index contributed by atoms with van der Waals surface area (Å²) in [6.45, 7) is 0.0259. The van der Waals surface area contributed by atoms with Crippen molar-refractivity contribution in [2.45, 2.75) is 12.8 Å². The van der Waals surface area contributed by atoms with Crippen LogP contribution in [0.4, 0.5) is 0 Å². The van der Waals surface area contributed by atoms with Crippen molar-refractivity contribution in [3.05, 3.63) is 23.1 Å². The Morgan fingerprint density at radius 3 is 1.11 bits per heavy atom. The maximum absolute atomic E-state index is 8.70. The van der Waals surface area contributed by atoms with Gasteiger partial charge in [0, 0.05) is 10.8 Å². The molecule has 4 nitrogen and oxygen atoms in total. The van der Waals surface area contributed by atoms with Crippen LogP contribution in [0.3, 0.4) is 0 Å². The van der Waals surface area contributed by atoms with Crippen molar-refractivity contribution in [3.8, 4) is 0 Å². The Labute approximate surface area is 110 Å². The van der Waals surface area contributed by atoms with E-state index in [9.17, 15) is 0 Å². The van der Waals surface area contributed by atoms with Gasteiger partial charge in [-0.3, -0.25) is 0 Å². The van der Waals surface area contributed by atoms with E-state index in [2.05, 4.69) is 0 Å². The zero-order valence-corrected chi connectivity index (χ0v) is 10.3. The van der Waals surface area contributed by atoms with Gasteiger partial charge in [0.2, 0.25) is 0 Å². The first kappa shape index (κ1) is 15.5. The van der Waals surface area contributed by atoms with E-state index in [-0.39, 0.29) is 37.3 Å². The van der Waals surface area contributed by atoms with Crippen LogP contribution >= 0.6 is 0 Å². The molecule has 6 heteroatoms. The van der Waals surface area contributed by atoms with Crippen LogP contribution in [0.2, 0.25) is 0 Å². The fourth-order valence-corrected chi connectivity index (χ4v) is 1.84. The van der Waals surface area contributed by atoms with Gasteiger partial charge >= 0.3 is 0 Å². The second kappa shape index (κ2) is 6.06. The van der Waals surface area contributed by atoms with E-state index in [0.717, 1.165) is 24.0 Å². The highest BCUT2D eigenvalue weighted by Gasteiger charge is 2.47. The Morgan fingerprint density at radius 1 is 0.778 bits per heavy atom. The van der Waals surface area contributed by atoms with Crippen LogP contribution in [0, 0.1) is 10.8 Å². The molecule has 0 aromatic rings. The molecule has 2 rings (SSSR count). The van der Waals surface area contributed by atoms with E-state index in [1.54, 1.807) is 0 Å². The van der Waals surface area contributed by atoms with Crippen LogP contribution in [-0.4, -0.2) is 62.5 Å². The molecule has 18 heavy (non-hydrogen) atoms. The van der Waals surface area contributed by atoms with Gasteiger partial charge in [-0.15, -0.1) is 12.0 Å². The summed E-state index contributed by atoms with van der Waals surface area (Å²) in [5.74, 6) is 2.93. The average Bonchev–Trinajstić information content (AvgIpc) is 3.32. The lowest BCUT2D eigenvalue weighted by Crippen LogP contribution is -2.11. The number of hydrogen-bond donors (Lipinski definition) is 4. The van der Waals surface area contributed by atoms with Crippen LogP contribution in [-0.2, 0) is 0 Å². The fraction of sp³-hybridized carbons (Fsp3) is 0.667. The van der Waals surface area contributed by atoms with E-state index in [4.69, 9.17) is 36.1 Å². The summed E-state index contributed by atoms with van der Waals surface area (Å²) >= 11 is 0. The second-order valence-electron chi connectivity index (χ2n) is 4.93. The molecule has 0 aromatic carbocycles. The highest BCUT2D eigenvalue weighted by molar-refractivity contribution is 6.18. The van der Waals surface area contributed by atoms with Gasteiger partial charge < -0.3 is 20.4 Å². The molecule has 0 amide bonds. The minimum Gasteiger partial charge on any atom is -0.395 e. The lowest BCUT2D eigenvalue weighted by Gasteiger charge is -2.03. The summed E-state index contributed by atoms with van der Waals surface area (Å²) < 4.78 is 0. The molecule has 0 aromatic heterocycles. The lowest BCUT2D eigenvalue weighted by atomic mass is 10.0. The SMILES string of the molecule is [B]/C=C1/CC1(CO)CO.[B]/C=C1\CC1(CO)CO. The van der Waals surface area contributed by atoms with Crippen molar-refractivity contribution >= 4 is 15.7 Å². The Balaban J connectivity index is 0.000000180. The molecule has 2 fully saturated rings. The quantitative estimate of drug-likeness (QED) is 0.472. The zero-order valence-electron chi connectivity index (χ0n) is 10.3. The average molecular weight is 248 g/mol. The molecule has 4 N–H and O–H groups in total. The third-order valence-corrected chi connectivity index (χ3v) is 3.78. The van der Waals surface area contributed by atoms with E-state index in [0.29, 0.717) is 0 Å². The molecule has 4 radical (unpaired) electrons. The zero-order chi connectivity index (χ0) is 13.8. The number of hydrogen-bond acceptors (Lipinski definition) is 4. The Morgan fingerprint density at radius 2 is 1.06 bits per heavy atom. The van der Waals surface area contributed by atoms with Crippen LogP contribution < -0.4 is 0 Å². The maximum Gasteiger partial charge on any atom is 0.102 e. The van der Waals surface area contributed by atoms with Crippen LogP contribution in [0.5, 0.6) is 0 Å². The molecule has 0 spiro atoms. The third kappa shape index (κ3) is 2.88. The molecular formula is C12H18B2O4. The largest absolute Gasteiger partial charge is 0.395 e. The van der Waals surface area contributed by atoms with Gasteiger partial charge in [0.25, 0.3) is 0 Å². The van der Waals surface area contributed by atoms with E-state index >= 15 is 0 Å². The van der Waals surface area contributed by atoms with Gasteiger partial charge in [-0.2, -0.15) is 0 Å². The first-order chi connectivity index (χ1) is 8.57. The van der Waals surface area contributed by atoms with Gasteiger partial charge in [0.15, 0.2) is 0 Å². The Hall–Kier alpha value is -0.550. The summed E-state index contributed by atoms with van der Waals surface area (Å²) in [5, 5.41) is 34.8. The summed E-state index contributed by atoms with van der Waals surface area (Å²) in [6, 6.07) is 0. The monoisotopic (exact) mass is 248 g/mol. The van der Waals surface area contributed by atoms with Gasteiger partial charge in [0.1, 0.15) is 15.7 Å². The first-order valence-electron chi connectivity index (χ1n) is 5.84. The molecule has 0 atom stereocenters. The molecule has 0 heterocycles. The van der Waals surface area contributed by atoms with E-state index < -0.39 is 0 Å². The number of rotatable bonds is 4. The number of aliphatic hydroxyl groups is 4. The van der Waals surface area contributed by atoms with Crippen LogP contribution in [0.1, 0.15) is 12.8 Å². The third-order valence-electron chi connectivity index (χ3n) is 3.78. The van der Waals surface area contributed by atoms with Gasteiger partial charge in [-0.25, -0.2) is 0 Å². The van der Waals surface area contributed by atoms with Crippen molar-refractivity contribution in [2.24, 2.45) is 10.8 Å². The van der Waals surface area contributed by atoms with E-state index in [1.807, 2.05) is 0 Å². The Kier molecular flexibility index (Phi) is 5.22. The highest BCUT2D eigenvalue weighted by atomic mass is 16.3. The van der Waals surface area contributed by atoms with Gasteiger partial charge in [0.05, 0.1) is 26.4 Å². The van der Waals surface area contributed by atoms with E-state index in [1.165, 1.54) is 12.0 Å². The summed E-state index contributed by atoms with van der Waals surface area (Å²) in [7, 11) is 10.4. The smallest absolute Gasteiger partial charge is 0.102 e. The molecule has 0 unspecified atom stereocenters. The normalized spacial score (nSPS) is 26.7. The summed E-state index contributed by atoms with van der Waals surface area (Å²) in [6.07, 6.45) is 1.49. The molecular weight excluding hydrogens is 230 g/mol. The van der Waals surface area contributed by atoms with Crippen molar-refractivity contribution in [2.75, 3.05) is 26.4 Å². The topological polar surface area (TPSA) is 80.9 Å². The molecule has 96 valence electrons. The fourth-order valence-electron chi connectivity index (χ4n) is 1.84. The molecule has 2 aliphatic carbocycles. The number of aliphatic hydroxyl groups excluding tert-OH is 4. The standard InChI is InChI=1S/2C6H9BO2/c2*7-2-5-1-6(5,3-8)4-9/h2*2,8-9H,1,3-4H2/b5-2+;5-2-. The predicted molar refractivity (Wildman–Crippen MR) is 70.1 cm³/mol. The predicted octanol–water partition coefficient (Wildman–Crippen LogP) is -1.17. The molecule has 0 aliphatic heterocycles. The lowest BCUT2D eigenvalue weighted by molar-refractivity contribution is 0.143. The van der Waals surface area contributed by atoms with Gasteiger partial charge in [-0.1, -0.05) is 11.1 Å². The van der Waals surface area contributed by atoms with Crippen molar-refractivity contribution in [3.63, 3.8) is 0 Å². The highest BCUT2D eigenvalue weighted by Crippen LogP contribution is 2.51. The second-order valence-corrected chi connectivity index (χ2v) is 4.93. The Bertz CT molecular complexity index is 310. The van der Waals surface area contributed by atoms with Crippen molar-refractivity contribution < 1.29 is 20.4 Å². The van der Waals surface area contributed by atoms with Crippen LogP contribution in [0.15, 0.2) is 23.1 Å². The first-order valence-corrected chi connectivity index (χ1v) is 5.84. The van der Waals surface area contributed by atoms with Crippen molar-refractivity contribution in [1.29, 1.82) is 0 Å². The van der Waals surface area contributed by atoms with Crippen molar-refractivity contribution in [1.82, 2.24) is 0 Å². The summed E-state index contributed by atoms with van der Waals surface area (Å²) in [5.41, 5.74) is 1.23. The van der Waals surface area contributed by atoms with Crippen LogP contribution in [0.25, 0.3) is 0 Å². The molecule has 2 aliphatic rings. The minimum absolute atomic E-state index is 0.00648. The molecule has 2 saturated carbocycles. The minimum atomic E-state index is -0.352. The summed E-state index contributed by atoms with van der Waals surface area (Å²) in [4.78, 5) is 0.